The molecule has 28 heavy (non-hydrogen) atoms. The minimum Gasteiger partial charge on any atom is -0.339 e. The first-order valence-electron chi connectivity index (χ1n) is 10.1. The van der Waals surface area contributed by atoms with Gasteiger partial charge in [0.05, 0.1) is 0 Å². The third-order valence-corrected chi connectivity index (χ3v) is 6.28. The number of hydrogen-bond donors (Lipinski definition) is 0. The first kappa shape index (κ1) is 18.8. The molecule has 2 fully saturated rings. The number of rotatable bonds is 2. The van der Waals surface area contributed by atoms with Gasteiger partial charge in [0.1, 0.15) is 0 Å². The van der Waals surface area contributed by atoms with Crippen molar-refractivity contribution in [2.75, 3.05) is 31.1 Å². The number of aryl methyl sites for hydroxylation is 2. The Bertz CT molecular complexity index is 1020. The molecule has 0 N–H and O–H groups in total. The molecule has 1 saturated carbocycles. The van der Waals surface area contributed by atoms with Crippen LogP contribution in [0.25, 0.3) is 11.2 Å². The molecule has 1 saturated heterocycles. The Labute approximate surface area is 163 Å². The third kappa shape index (κ3) is 2.93. The fraction of sp³-hybridized carbons (Fsp3) is 0.684. The lowest BCUT2D eigenvalue weighted by molar-refractivity contribution is -0.136. The molecule has 0 atom stereocenters. The number of hydrogen-bond acceptors (Lipinski definition) is 5. The van der Waals surface area contributed by atoms with Crippen LogP contribution in [0.3, 0.4) is 0 Å². The number of nitrogens with zero attached hydrogens (tertiary/aromatic N) is 6. The number of anilines is 1. The summed E-state index contributed by atoms with van der Waals surface area (Å²) in [7, 11) is 4.91. The van der Waals surface area contributed by atoms with Crippen LogP contribution in [0.2, 0.25) is 0 Å². The van der Waals surface area contributed by atoms with Crippen molar-refractivity contribution in [1.82, 2.24) is 23.6 Å². The first-order valence-corrected chi connectivity index (χ1v) is 10.1. The van der Waals surface area contributed by atoms with Crippen LogP contribution in [0.5, 0.6) is 0 Å². The van der Waals surface area contributed by atoms with E-state index in [2.05, 4.69) is 9.88 Å². The maximum Gasteiger partial charge on any atom is 0.332 e. The van der Waals surface area contributed by atoms with Gasteiger partial charge in [0.15, 0.2) is 11.2 Å². The Balaban J connectivity index is 1.56. The summed E-state index contributed by atoms with van der Waals surface area (Å²) in [5.41, 5.74) is 0.0853. The van der Waals surface area contributed by atoms with Crippen LogP contribution in [0.15, 0.2) is 9.59 Å². The standard InChI is InChI=1S/C19H28N6O3/c1-21-14-15(22(2)19(28)23(3)17(14)27)20-18(21)25-11-9-24(10-12-25)16(26)13-7-5-4-6-8-13/h13H,4-12H2,1-3H3. The molecular formula is C19H28N6O3. The van der Waals surface area contributed by atoms with Crippen LogP contribution in [0.4, 0.5) is 5.95 Å². The van der Waals surface area contributed by atoms with Gasteiger partial charge in [0.25, 0.3) is 5.56 Å². The maximum absolute atomic E-state index is 12.8. The molecular weight excluding hydrogens is 360 g/mol. The van der Waals surface area contributed by atoms with Gasteiger partial charge in [-0.05, 0) is 12.8 Å². The highest BCUT2D eigenvalue weighted by Crippen LogP contribution is 2.26. The summed E-state index contributed by atoms with van der Waals surface area (Å²) < 4.78 is 4.27. The monoisotopic (exact) mass is 388 g/mol. The van der Waals surface area contributed by atoms with Crippen molar-refractivity contribution in [3.63, 3.8) is 0 Å². The van der Waals surface area contributed by atoms with Gasteiger partial charge in [-0.2, -0.15) is 4.98 Å². The SMILES string of the molecule is Cn1c(=O)c2c(nc(N3CCN(C(=O)C4CCCCC4)CC3)n2C)n(C)c1=O. The van der Waals surface area contributed by atoms with E-state index in [1.54, 1.807) is 18.7 Å². The molecule has 152 valence electrons. The summed E-state index contributed by atoms with van der Waals surface area (Å²) in [5.74, 6) is 1.15. The van der Waals surface area contributed by atoms with E-state index in [-0.39, 0.29) is 17.2 Å². The van der Waals surface area contributed by atoms with E-state index in [4.69, 9.17) is 0 Å². The Morgan fingerprint density at radius 1 is 0.893 bits per heavy atom. The number of piperazine rings is 1. The Morgan fingerprint density at radius 3 is 2.18 bits per heavy atom. The molecule has 0 unspecified atom stereocenters. The van der Waals surface area contributed by atoms with E-state index in [0.29, 0.717) is 49.2 Å². The van der Waals surface area contributed by atoms with Crippen molar-refractivity contribution in [1.29, 1.82) is 0 Å². The minimum atomic E-state index is -0.384. The van der Waals surface area contributed by atoms with Crippen LogP contribution in [-0.2, 0) is 25.9 Å². The first-order chi connectivity index (χ1) is 13.4. The predicted molar refractivity (Wildman–Crippen MR) is 107 cm³/mol. The highest BCUT2D eigenvalue weighted by atomic mass is 16.2. The zero-order chi connectivity index (χ0) is 20.0. The van der Waals surface area contributed by atoms with E-state index in [0.717, 1.165) is 30.3 Å². The van der Waals surface area contributed by atoms with Crippen molar-refractivity contribution in [2.45, 2.75) is 32.1 Å². The Kier molecular flexibility index (Phi) is 4.76. The van der Waals surface area contributed by atoms with Crippen molar-refractivity contribution < 1.29 is 4.79 Å². The smallest absolute Gasteiger partial charge is 0.332 e. The maximum atomic E-state index is 12.8. The van der Waals surface area contributed by atoms with Crippen LogP contribution >= 0.6 is 0 Å². The fourth-order valence-corrected chi connectivity index (χ4v) is 4.52. The van der Waals surface area contributed by atoms with Gasteiger partial charge in [0, 0.05) is 53.2 Å². The molecule has 1 aliphatic heterocycles. The number of imidazole rings is 1. The Morgan fingerprint density at radius 2 is 1.54 bits per heavy atom. The van der Waals surface area contributed by atoms with Crippen LogP contribution in [-0.4, -0.2) is 55.7 Å². The normalized spacial score (nSPS) is 18.8. The molecule has 9 heteroatoms. The summed E-state index contributed by atoms with van der Waals surface area (Å²) in [5, 5.41) is 0. The van der Waals surface area contributed by atoms with Gasteiger partial charge in [-0.25, -0.2) is 4.79 Å². The molecule has 9 nitrogen and oxygen atoms in total. The van der Waals surface area contributed by atoms with Gasteiger partial charge < -0.3 is 14.4 Å². The second-order valence-corrected chi connectivity index (χ2v) is 8.00. The van der Waals surface area contributed by atoms with Crippen molar-refractivity contribution in [3.05, 3.63) is 20.8 Å². The molecule has 0 aromatic carbocycles. The van der Waals surface area contributed by atoms with Gasteiger partial charge in [-0.1, -0.05) is 19.3 Å². The minimum absolute atomic E-state index is 0.189. The lowest BCUT2D eigenvalue weighted by Crippen LogP contribution is -2.51. The molecule has 1 aliphatic carbocycles. The number of aromatic nitrogens is 4. The molecule has 1 amide bonds. The quantitative estimate of drug-likeness (QED) is 0.734. The molecule has 3 heterocycles. The van der Waals surface area contributed by atoms with Crippen LogP contribution in [0.1, 0.15) is 32.1 Å². The van der Waals surface area contributed by atoms with Gasteiger partial charge in [-0.15, -0.1) is 0 Å². The average Bonchev–Trinajstić information content (AvgIpc) is 3.08. The summed E-state index contributed by atoms with van der Waals surface area (Å²) in [6.45, 7) is 2.67. The largest absolute Gasteiger partial charge is 0.339 e. The lowest BCUT2D eigenvalue weighted by atomic mass is 9.88. The van der Waals surface area contributed by atoms with Crippen LogP contribution in [0, 0.1) is 5.92 Å². The molecule has 0 bridgehead atoms. The van der Waals surface area contributed by atoms with Crippen LogP contribution < -0.4 is 16.1 Å². The summed E-state index contributed by atoms with van der Waals surface area (Å²) in [4.78, 5) is 46.2. The van der Waals surface area contributed by atoms with Gasteiger partial charge in [-0.3, -0.25) is 18.7 Å². The van der Waals surface area contributed by atoms with E-state index in [9.17, 15) is 14.4 Å². The number of carbonyl (C=O) groups is 1. The fourth-order valence-electron chi connectivity index (χ4n) is 4.52. The third-order valence-electron chi connectivity index (χ3n) is 6.28. The van der Waals surface area contributed by atoms with Gasteiger partial charge in [0.2, 0.25) is 11.9 Å². The average molecular weight is 388 g/mol. The summed E-state index contributed by atoms with van der Waals surface area (Å²) in [6, 6.07) is 0. The second-order valence-electron chi connectivity index (χ2n) is 8.00. The molecule has 2 aromatic rings. The van der Waals surface area contributed by atoms with E-state index < -0.39 is 0 Å². The summed E-state index contributed by atoms with van der Waals surface area (Å²) in [6.07, 6.45) is 5.59. The Hall–Kier alpha value is -2.58. The number of carbonyl (C=O) groups excluding carboxylic acids is 1. The number of amides is 1. The molecule has 2 aromatic heterocycles. The zero-order valence-corrected chi connectivity index (χ0v) is 16.8. The van der Waals surface area contributed by atoms with E-state index in [1.807, 2.05) is 4.90 Å². The van der Waals surface area contributed by atoms with Gasteiger partial charge >= 0.3 is 5.69 Å². The highest BCUT2D eigenvalue weighted by molar-refractivity contribution is 5.79. The molecule has 0 radical (unpaired) electrons. The lowest BCUT2D eigenvalue weighted by Gasteiger charge is -2.37. The molecule has 0 spiro atoms. The number of fused-ring (bicyclic) bond motifs is 1. The van der Waals surface area contributed by atoms with Crippen molar-refractivity contribution in [2.24, 2.45) is 27.1 Å². The highest BCUT2D eigenvalue weighted by Gasteiger charge is 2.30. The summed E-state index contributed by atoms with van der Waals surface area (Å²) >= 11 is 0. The van der Waals surface area contributed by atoms with E-state index >= 15 is 0 Å². The topological polar surface area (TPSA) is 85.4 Å². The second kappa shape index (κ2) is 7.10. The van der Waals surface area contributed by atoms with E-state index in [1.165, 1.54) is 18.0 Å². The molecule has 4 rings (SSSR count). The van der Waals surface area contributed by atoms with Crippen molar-refractivity contribution >= 4 is 23.0 Å². The van der Waals surface area contributed by atoms with Crippen molar-refractivity contribution in [3.8, 4) is 0 Å². The zero-order valence-electron chi connectivity index (χ0n) is 16.8. The molecule has 2 aliphatic rings. The predicted octanol–water partition coefficient (Wildman–Crippen LogP) is 0.200.